The molecule has 0 atom stereocenters. The minimum atomic E-state index is -0.540. The van der Waals surface area contributed by atoms with Gasteiger partial charge in [0, 0.05) is 13.0 Å². The second-order valence-corrected chi connectivity index (χ2v) is 2.59. The summed E-state index contributed by atoms with van der Waals surface area (Å²) in [4.78, 5) is 25.8. The van der Waals surface area contributed by atoms with Gasteiger partial charge in [-0.2, -0.15) is 4.79 Å². The molecule has 0 aliphatic carbocycles. The molecule has 64 valence electrons. The second-order valence-electron chi connectivity index (χ2n) is 2.59. The molecule has 2 amide bonds. The van der Waals surface area contributed by atoms with Crippen LogP contribution in [0.2, 0.25) is 0 Å². The maximum atomic E-state index is 11.1. The highest BCUT2D eigenvalue weighted by atomic mass is 16.2. The van der Waals surface area contributed by atoms with E-state index in [0.29, 0.717) is 13.0 Å². The Morgan fingerprint density at radius 3 is 2.92 bits per heavy atom. The van der Waals surface area contributed by atoms with Gasteiger partial charge in [-0.25, -0.2) is 0 Å². The molecular weight excluding hydrogens is 158 g/mol. The summed E-state index contributed by atoms with van der Waals surface area (Å²) in [5, 5.41) is 0. The van der Waals surface area contributed by atoms with E-state index in [1.807, 2.05) is 0 Å². The van der Waals surface area contributed by atoms with Gasteiger partial charge in [-0.1, -0.05) is 0 Å². The van der Waals surface area contributed by atoms with Crippen LogP contribution in [0.15, 0.2) is 0 Å². The number of carbonyl (C=O) groups excluding carboxylic acids is 2. The Labute approximate surface area is 69.6 Å². The van der Waals surface area contributed by atoms with Gasteiger partial charge in [-0.05, 0) is 12.8 Å². The van der Waals surface area contributed by atoms with Gasteiger partial charge in [0.25, 0.3) is 0 Å². The van der Waals surface area contributed by atoms with Crippen molar-refractivity contribution in [1.82, 2.24) is 4.90 Å². The molecule has 0 N–H and O–H groups in total. The summed E-state index contributed by atoms with van der Waals surface area (Å²) in [5.74, 6) is -0.728. The molecule has 1 rings (SSSR count). The lowest BCUT2D eigenvalue weighted by atomic mass is 10.1. The highest BCUT2D eigenvalue weighted by Crippen LogP contribution is 2.09. The van der Waals surface area contributed by atoms with E-state index in [2.05, 4.69) is 4.79 Å². The van der Waals surface area contributed by atoms with E-state index in [1.54, 1.807) is 0 Å². The quantitative estimate of drug-likeness (QED) is 0.309. The molecule has 0 bridgehead atoms. The van der Waals surface area contributed by atoms with Crippen molar-refractivity contribution in [3.05, 3.63) is 5.53 Å². The number of imide groups is 1. The maximum absolute atomic E-state index is 11.1. The molecule has 5 nitrogen and oxygen atoms in total. The molecule has 0 spiro atoms. The van der Waals surface area contributed by atoms with E-state index in [-0.39, 0.29) is 5.91 Å². The number of piperidine rings is 1. The van der Waals surface area contributed by atoms with Crippen LogP contribution in [-0.4, -0.2) is 34.3 Å². The van der Waals surface area contributed by atoms with E-state index in [9.17, 15) is 9.59 Å². The number of hydrogen-bond donors (Lipinski definition) is 0. The monoisotopic (exact) mass is 167 g/mol. The third-order valence-electron chi connectivity index (χ3n) is 1.76. The lowest BCUT2D eigenvalue weighted by molar-refractivity contribution is -0.144. The zero-order chi connectivity index (χ0) is 8.97. The SMILES string of the molecule is [N-]=[N+]=CC(=O)N1CCCCC1=O. The summed E-state index contributed by atoms with van der Waals surface area (Å²) < 4.78 is 0. The molecule has 1 heterocycles. The van der Waals surface area contributed by atoms with Crippen LogP contribution in [0.5, 0.6) is 0 Å². The fourth-order valence-corrected chi connectivity index (χ4v) is 1.16. The van der Waals surface area contributed by atoms with Crippen molar-refractivity contribution >= 4 is 18.0 Å². The lowest BCUT2D eigenvalue weighted by Crippen LogP contribution is -2.40. The predicted octanol–water partition coefficient (Wildman–Crippen LogP) is -0.174. The average molecular weight is 167 g/mol. The Bertz CT molecular complexity index is 255. The fraction of sp³-hybridized carbons (Fsp3) is 0.571. The molecule has 12 heavy (non-hydrogen) atoms. The van der Waals surface area contributed by atoms with Crippen LogP contribution in [0, 0.1) is 0 Å². The molecule has 0 aromatic heterocycles. The van der Waals surface area contributed by atoms with Crippen molar-refractivity contribution in [2.45, 2.75) is 19.3 Å². The van der Waals surface area contributed by atoms with Gasteiger partial charge in [0.2, 0.25) is 5.91 Å². The van der Waals surface area contributed by atoms with Crippen LogP contribution in [-0.2, 0) is 9.59 Å². The first-order chi connectivity index (χ1) is 5.75. The Morgan fingerprint density at radius 1 is 1.58 bits per heavy atom. The minimum absolute atomic E-state index is 0.189. The van der Waals surface area contributed by atoms with E-state index in [0.717, 1.165) is 24.0 Å². The smallest absolute Gasteiger partial charge is 0.345 e. The zero-order valence-corrected chi connectivity index (χ0v) is 6.56. The van der Waals surface area contributed by atoms with E-state index < -0.39 is 5.91 Å². The second kappa shape index (κ2) is 3.78. The molecule has 0 radical (unpaired) electrons. The van der Waals surface area contributed by atoms with Crippen molar-refractivity contribution in [3.63, 3.8) is 0 Å². The minimum Gasteiger partial charge on any atom is -0.361 e. The van der Waals surface area contributed by atoms with Gasteiger partial charge >= 0.3 is 12.1 Å². The van der Waals surface area contributed by atoms with E-state index >= 15 is 0 Å². The summed E-state index contributed by atoms with van der Waals surface area (Å²) in [7, 11) is 0. The zero-order valence-electron chi connectivity index (χ0n) is 6.56. The van der Waals surface area contributed by atoms with E-state index in [1.165, 1.54) is 0 Å². The van der Waals surface area contributed by atoms with Crippen LogP contribution in [0.4, 0.5) is 0 Å². The van der Waals surface area contributed by atoms with Crippen LogP contribution in [0.3, 0.4) is 0 Å². The standard InChI is InChI=1S/C7H9N3O2/c8-9-5-7(12)10-4-2-1-3-6(10)11/h5H,1-4H2. The molecular formula is C7H9N3O2. The van der Waals surface area contributed by atoms with E-state index in [4.69, 9.17) is 5.53 Å². The summed E-state index contributed by atoms with van der Waals surface area (Å²) in [5.41, 5.74) is 8.06. The van der Waals surface area contributed by atoms with Crippen molar-refractivity contribution < 1.29 is 14.4 Å². The van der Waals surface area contributed by atoms with Gasteiger partial charge in [0.05, 0.1) is 0 Å². The third-order valence-corrected chi connectivity index (χ3v) is 1.76. The van der Waals surface area contributed by atoms with Crippen molar-refractivity contribution in [1.29, 1.82) is 0 Å². The molecule has 0 aromatic carbocycles. The molecule has 1 aliphatic rings. The van der Waals surface area contributed by atoms with Crippen LogP contribution >= 0.6 is 0 Å². The highest BCUT2D eigenvalue weighted by Gasteiger charge is 2.24. The maximum Gasteiger partial charge on any atom is 0.345 e. The normalized spacial score (nSPS) is 17.0. The largest absolute Gasteiger partial charge is 0.361 e. The highest BCUT2D eigenvalue weighted by molar-refractivity contribution is 6.27. The van der Waals surface area contributed by atoms with Gasteiger partial charge in [0.1, 0.15) is 0 Å². The number of carbonyl (C=O) groups is 2. The number of nitrogens with zero attached hydrogens (tertiary/aromatic N) is 3. The van der Waals surface area contributed by atoms with Crippen LogP contribution in [0.25, 0.3) is 5.53 Å². The molecule has 1 fully saturated rings. The molecule has 1 saturated heterocycles. The molecule has 0 saturated carbocycles. The summed E-state index contributed by atoms with van der Waals surface area (Å²) in [6, 6.07) is 0. The Morgan fingerprint density at radius 2 is 2.33 bits per heavy atom. The predicted molar refractivity (Wildman–Crippen MR) is 40.3 cm³/mol. The first-order valence-corrected chi connectivity index (χ1v) is 3.77. The van der Waals surface area contributed by atoms with Crippen molar-refractivity contribution in [3.8, 4) is 0 Å². The molecule has 0 unspecified atom stereocenters. The number of rotatable bonds is 1. The van der Waals surface area contributed by atoms with Gasteiger partial charge in [0.15, 0.2) is 0 Å². The first-order valence-electron chi connectivity index (χ1n) is 3.77. The lowest BCUT2D eigenvalue weighted by Gasteiger charge is -2.21. The van der Waals surface area contributed by atoms with Crippen molar-refractivity contribution in [2.24, 2.45) is 0 Å². The Hall–Kier alpha value is -1.48. The van der Waals surface area contributed by atoms with Crippen LogP contribution < -0.4 is 0 Å². The summed E-state index contributed by atoms with van der Waals surface area (Å²) >= 11 is 0. The topological polar surface area (TPSA) is 73.8 Å². The summed E-state index contributed by atoms with van der Waals surface area (Å²) in [6.45, 7) is 0.434. The Kier molecular flexibility index (Phi) is 2.71. The average Bonchev–Trinajstić information content (AvgIpc) is 2.05. The molecule has 0 aromatic rings. The number of likely N-dealkylation sites (tertiary alicyclic amines) is 1. The van der Waals surface area contributed by atoms with Crippen LogP contribution in [0.1, 0.15) is 19.3 Å². The molecule has 1 aliphatic heterocycles. The Balaban J connectivity index is 2.65. The molecule has 5 heteroatoms. The van der Waals surface area contributed by atoms with Gasteiger partial charge < -0.3 is 5.53 Å². The summed E-state index contributed by atoms with van der Waals surface area (Å²) in [6.07, 6.45) is 2.81. The number of hydrogen-bond acceptors (Lipinski definition) is 2. The van der Waals surface area contributed by atoms with Gasteiger partial charge in [-0.3, -0.25) is 14.5 Å². The fourth-order valence-electron chi connectivity index (χ4n) is 1.16. The first kappa shape index (κ1) is 8.62. The third kappa shape index (κ3) is 1.77. The number of amides is 2. The van der Waals surface area contributed by atoms with Crippen molar-refractivity contribution in [2.75, 3.05) is 6.54 Å². The van der Waals surface area contributed by atoms with Gasteiger partial charge in [-0.15, -0.1) is 0 Å².